The topological polar surface area (TPSA) is 99.8 Å². The molecule has 0 bridgehead atoms. The summed E-state index contributed by atoms with van der Waals surface area (Å²) < 4.78 is 1.56. The fraction of sp³-hybridized carbons (Fsp3) is 0.100. The van der Waals surface area contributed by atoms with Gasteiger partial charge in [0.15, 0.2) is 0 Å². The summed E-state index contributed by atoms with van der Waals surface area (Å²) in [5.41, 5.74) is 12.4. The van der Waals surface area contributed by atoms with Crippen LogP contribution in [0.1, 0.15) is 16.2 Å². The Balaban J connectivity index is 2.38. The second-order valence-electron chi connectivity index (χ2n) is 3.22. The Bertz CT molecular complexity index is 519. The van der Waals surface area contributed by atoms with Gasteiger partial charge in [0, 0.05) is 18.9 Å². The Labute approximate surface area is 91.9 Å². The highest BCUT2D eigenvalue weighted by Crippen LogP contribution is 2.08. The number of carbonyl (C=O) groups excluding carboxylic acids is 1. The summed E-state index contributed by atoms with van der Waals surface area (Å²) in [5.74, 6) is -0.549. The van der Waals surface area contributed by atoms with E-state index in [1.165, 1.54) is 0 Å². The minimum atomic E-state index is -0.549. The first-order valence-electron chi connectivity index (χ1n) is 4.71. The van der Waals surface area contributed by atoms with E-state index in [0.717, 1.165) is 11.4 Å². The molecule has 0 unspecified atom stereocenters. The van der Waals surface area contributed by atoms with Crippen LogP contribution in [-0.4, -0.2) is 20.7 Å². The van der Waals surface area contributed by atoms with Gasteiger partial charge in [0.05, 0.1) is 11.4 Å². The van der Waals surface area contributed by atoms with E-state index in [4.69, 9.17) is 11.5 Å². The van der Waals surface area contributed by atoms with Crippen LogP contribution in [-0.2, 0) is 6.54 Å². The Kier molecular flexibility index (Phi) is 2.65. The number of rotatable bonds is 3. The molecule has 0 aliphatic rings. The van der Waals surface area contributed by atoms with Crippen molar-refractivity contribution in [1.29, 1.82) is 0 Å². The Hall–Kier alpha value is -2.21. The first-order valence-corrected chi connectivity index (χ1v) is 4.71. The van der Waals surface area contributed by atoms with Gasteiger partial charge in [-0.05, 0) is 18.2 Å². The number of hydrogen-bond donors (Lipinski definition) is 2. The number of nitrogens with zero attached hydrogens (tertiary/aromatic N) is 3. The van der Waals surface area contributed by atoms with E-state index in [1.54, 1.807) is 35.3 Å². The summed E-state index contributed by atoms with van der Waals surface area (Å²) in [6.07, 6.45) is 3.30. The van der Waals surface area contributed by atoms with Crippen molar-refractivity contribution in [3.63, 3.8) is 0 Å². The van der Waals surface area contributed by atoms with Gasteiger partial charge in [-0.2, -0.15) is 5.10 Å². The van der Waals surface area contributed by atoms with Gasteiger partial charge in [-0.15, -0.1) is 0 Å². The SMILES string of the molecule is NCc1cc(-n2ccc(C(N)=O)n2)ccn1. The summed E-state index contributed by atoms with van der Waals surface area (Å²) in [7, 11) is 0. The molecule has 82 valence electrons. The van der Waals surface area contributed by atoms with Gasteiger partial charge < -0.3 is 11.5 Å². The molecule has 0 radical (unpaired) electrons. The van der Waals surface area contributed by atoms with Crippen molar-refractivity contribution in [3.8, 4) is 5.69 Å². The van der Waals surface area contributed by atoms with Gasteiger partial charge in [0.25, 0.3) is 5.91 Å². The summed E-state index contributed by atoms with van der Waals surface area (Å²) in [4.78, 5) is 15.0. The smallest absolute Gasteiger partial charge is 0.269 e. The van der Waals surface area contributed by atoms with Gasteiger partial charge in [-0.3, -0.25) is 9.78 Å². The maximum Gasteiger partial charge on any atom is 0.269 e. The molecular weight excluding hydrogens is 206 g/mol. The molecule has 0 aromatic carbocycles. The lowest BCUT2D eigenvalue weighted by molar-refractivity contribution is 0.0995. The van der Waals surface area contributed by atoms with Gasteiger partial charge >= 0.3 is 0 Å². The number of pyridine rings is 1. The van der Waals surface area contributed by atoms with Crippen LogP contribution in [0.25, 0.3) is 5.69 Å². The van der Waals surface area contributed by atoms with Crippen LogP contribution >= 0.6 is 0 Å². The predicted octanol–water partition coefficient (Wildman–Crippen LogP) is -0.175. The van der Waals surface area contributed by atoms with E-state index < -0.39 is 5.91 Å². The van der Waals surface area contributed by atoms with Gasteiger partial charge in [0.2, 0.25) is 0 Å². The number of carbonyl (C=O) groups is 1. The molecule has 16 heavy (non-hydrogen) atoms. The lowest BCUT2D eigenvalue weighted by atomic mass is 10.3. The van der Waals surface area contributed by atoms with Crippen molar-refractivity contribution < 1.29 is 4.79 Å². The molecule has 6 heteroatoms. The molecule has 2 aromatic heterocycles. The number of hydrogen-bond acceptors (Lipinski definition) is 4. The normalized spacial score (nSPS) is 10.3. The first kappa shape index (κ1) is 10.3. The van der Waals surface area contributed by atoms with Crippen molar-refractivity contribution in [2.24, 2.45) is 11.5 Å². The van der Waals surface area contributed by atoms with E-state index >= 15 is 0 Å². The van der Waals surface area contributed by atoms with Crippen LogP contribution in [0, 0.1) is 0 Å². The minimum Gasteiger partial charge on any atom is -0.364 e. The fourth-order valence-corrected chi connectivity index (χ4v) is 1.32. The van der Waals surface area contributed by atoms with Crippen LogP contribution in [0.15, 0.2) is 30.6 Å². The Morgan fingerprint density at radius 3 is 2.88 bits per heavy atom. The Morgan fingerprint density at radius 1 is 1.44 bits per heavy atom. The lowest BCUT2D eigenvalue weighted by Crippen LogP contribution is -2.12. The van der Waals surface area contributed by atoms with Crippen LogP contribution in [0.4, 0.5) is 0 Å². The zero-order valence-corrected chi connectivity index (χ0v) is 8.50. The maximum absolute atomic E-state index is 10.9. The van der Waals surface area contributed by atoms with Gasteiger partial charge in [0.1, 0.15) is 5.69 Å². The van der Waals surface area contributed by atoms with Crippen LogP contribution in [0.2, 0.25) is 0 Å². The van der Waals surface area contributed by atoms with Crippen molar-refractivity contribution in [3.05, 3.63) is 42.0 Å². The average Bonchev–Trinajstić information content (AvgIpc) is 2.78. The molecule has 2 aromatic rings. The molecular formula is C10H11N5O. The van der Waals surface area contributed by atoms with Crippen LogP contribution < -0.4 is 11.5 Å². The van der Waals surface area contributed by atoms with Crippen molar-refractivity contribution in [2.75, 3.05) is 0 Å². The second-order valence-corrected chi connectivity index (χ2v) is 3.22. The summed E-state index contributed by atoms with van der Waals surface area (Å²) in [6.45, 7) is 0.359. The van der Waals surface area contributed by atoms with Crippen molar-refractivity contribution in [2.45, 2.75) is 6.54 Å². The summed E-state index contributed by atoms with van der Waals surface area (Å²) in [6, 6.07) is 5.14. The standard InChI is InChI=1S/C10H11N5O/c11-6-7-5-8(1-3-13-7)15-4-2-9(14-15)10(12)16/h1-5H,6,11H2,(H2,12,16). The predicted molar refractivity (Wildman–Crippen MR) is 57.8 cm³/mol. The highest BCUT2D eigenvalue weighted by atomic mass is 16.1. The minimum absolute atomic E-state index is 0.228. The van der Waals surface area contributed by atoms with Gasteiger partial charge in [-0.1, -0.05) is 0 Å². The van der Waals surface area contributed by atoms with E-state index in [9.17, 15) is 4.79 Å². The van der Waals surface area contributed by atoms with E-state index in [0.29, 0.717) is 6.54 Å². The quantitative estimate of drug-likeness (QED) is 0.745. The monoisotopic (exact) mass is 217 g/mol. The zero-order valence-electron chi connectivity index (χ0n) is 8.50. The molecule has 6 nitrogen and oxygen atoms in total. The molecule has 0 atom stereocenters. The number of primary amides is 1. The molecule has 1 amide bonds. The van der Waals surface area contributed by atoms with Crippen LogP contribution in [0.3, 0.4) is 0 Å². The average molecular weight is 217 g/mol. The summed E-state index contributed by atoms with van der Waals surface area (Å²) >= 11 is 0. The summed E-state index contributed by atoms with van der Waals surface area (Å²) in [5, 5.41) is 4.03. The number of nitrogens with two attached hydrogens (primary N) is 2. The van der Waals surface area contributed by atoms with Gasteiger partial charge in [-0.25, -0.2) is 4.68 Å². The van der Waals surface area contributed by atoms with Crippen LogP contribution in [0.5, 0.6) is 0 Å². The molecule has 0 saturated heterocycles. The van der Waals surface area contributed by atoms with E-state index in [2.05, 4.69) is 10.1 Å². The lowest BCUT2D eigenvalue weighted by Gasteiger charge is -2.02. The molecule has 0 aliphatic heterocycles. The Morgan fingerprint density at radius 2 is 2.25 bits per heavy atom. The molecule has 2 heterocycles. The molecule has 0 fully saturated rings. The van der Waals surface area contributed by atoms with E-state index in [1.807, 2.05) is 0 Å². The second kappa shape index (κ2) is 4.11. The highest BCUT2D eigenvalue weighted by molar-refractivity contribution is 5.90. The third kappa shape index (κ3) is 1.91. The largest absolute Gasteiger partial charge is 0.364 e. The molecule has 2 rings (SSSR count). The van der Waals surface area contributed by atoms with E-state index in [-0.39, 0.29) is 5.69 Å². The molecule has 0 saturated carbocycles. The third-order valence-electron chi connectivity index (χ3n) is 2.12. The first-order chi connectivity index (χ1) is 7.70. The zero-order chi connectivity index (χ0) is 11.5. The molecule has 0 aliphatic carbocycles. The third-order valence-corrected chi connectivity index (χ3v) is 2.12. The number of amides is 1. The molecule has 0 spiro atoms. The maximum atomic E-state index is 10.9. The van der Waals surface area contributed by atoms with Crippen molar-refractivity contribution >= 4 is 5.91 Å². The highest BCUT2D eigenvalue weighted by Gasteiger charge is 2.06. The molecule has 4 N–H and O–H groups in total. The fourth-order valence-electron chi connectivity index (χ4n) is 1.32. The van der Waals surface area contributed by atoms with Crippen molar-refractivity contribution in [1.82, 2.24) is 14.8 Å². The number of aromatic nitrogens is 3.